The number of aryl methyl sites for hydroxylation is 1. The van der Waals surface area contributed by atoms with Gasteiger partial charge in [0, 0.05) is 23.9 Å². The maximum atomic E-state index is 13.6. The smallest absolute Gasteiger partial charge is 0.254 e. The van der Waals surface area contributed by atoms with Gasteiger partial charge in [0.05, 0.1) is 18.7 Å². The van der Waals surface area contributed by atoms with Crippen molar-refractivity contribution in [1.82, 2.24) is 25.2 Å². The lowest BCUT2D eigenvalue weighted by molar-refractivity contribution is 0.415. The van der Waals surface area contributed by atoms with Gasteiger partial charge in [0.1, 0.15) is 11.8 Å². The average Bonchev–Trinajstić information content (AvgIpc) is 3.57. The van der Waals surface area contributed by atoms with E-state index in [0.717, 1.165) is 54.6 Å². The van der Waals surface area contributed by atoms with Crippen molar-refractivity contribution < 1.29 is 4.74 Å². The average molecular weight is 457 g/mol. The number of nitrogens with one attached hydrogen (secondary N) is 1. The zero-order chi connectivity index (χ0) is 23.1. The van der Waals surface area contributed by atoms with Crippen molar-refractivity contribution >= 4 is 16.6 Å². The number of benzene rings is 2. The van der Waals surface area contributed by atoms with Crippen LogP contribution in [0.3, 0.4) is 0 Å². The summed E-state index contributed by atoms with van der Waals surface area (Å²) in [4.78, 5) is 19.0. The van der Waals surface area contributed by atoms with Crippen LogP contribution in [0, 0.1) is 0 Å². The number of pyridine rings is 1. The number of methoxy groups -OCH3 is 1. The number of nitrogens with zero attached hydrogens (tertiary/aromatic N) is 5. The number of para-hydroxylation sites is 1. The van der Waals surface area contributed by atoms with Crippen LogP contribution in [-0.2, 0) is 6.42 Å². The van der Waals surface area contributed by atoms with E-state index in [4.69, 9.17) is 4.74 Å². The highest BCUT2D eigenvalue weighted by Gasteiger charge is 2.35. The molecule has 4 aromatic rings. The minimum Gasteiger partial charge on any atom is -0.497 e. The van der Waals surface area contributed by atoms with Gasteiger partial charge in [-0.15, -0.1) is 5.10 Å². The fourth-order valence-corrected chi connectivity index (χ4v) is 5.59. The SMILES string of the molecule is COc1ccc2cc(C(c3nnnn3C3CCCC3)N3CCCc4ccccc43)c(=O)[nH]c2c1. The van der Waals surface area contributed by atoms with E-state index >= 15 is 0 Å². The van der Waals surface area contributed by atoms with Gasteiger partial charge in [0.2, 0.25) is 0 Å². The molecule has 3 heterocycles. The summed E-state index contributed by atoms with van der Waals surface area (Å²) in [5.41, 5.74) is 3.72. The molecule has 1 N–H and O–H groups in total. The van der Waals surface area contributed by atoms with Gasteiger partial charge in [0.25, 0.3) is 5.56 Å². The molecule has 1 atom stereocenters. The zero-order valence-corrected chi connectivity index (χ0v) is 19.3. The highest BCUT2D eigenvalue weighted by atomic mass is 16.5. The first-order valence-corrected chi connectivity index (χ1v) is 12.1. The van der Waals surface area contributed by atoms with Gasteiger partial charge in [-0.2, -0.15) is 0 Å². The first-order chi connectivity index (χ1) is 16.7. The standard InChI is InChI=1S/C26H28N6O2/c1-34-20-13-12-18-15-21(26(33)27-22(18)16-20)24(25-28-29-30-32(25)19-9-3-4-10-19)31-14-6-8-17-7-2-5-11-23(17)31/h2,5,7,11-13,15-16,19,24H,3-4,6,8-10,14H2,1H3,(H,27,33). The molecule has 2 aromatic carbocycles. The van der Waals surface area contributed by atoms with E-state index in [1.807, 2.05) is 28.9 Å². The molecule has 0 amide bonds. The topological polar surface area (TPSA) is 88.9 Å². The molecule has 0 bridgehead atoms. The maximum Gasteiger partial charge on any atom is 0.254 e. The third-order valence-corrected chi connectivity index (χ3v) is 7.27. The molecule has 34 heavy (non-hydrogen) atoms. The Morgan fingerprint density at radius 3 is 2.79 bits per heavy atom. The lowest BCUT2D eigenvalue weighted by Crippen LogP contribution is -2.38. The number of anilines is 1. The first kappa shape index (κ1) is 20.9. The second kappa shape index (κ2) is 8.59. The van der Waals surface area contributed by atoms with Gasteiger partial charge in [0.15, 0.2) is 5.82 Å². The lowest BCUT2D eigenvalue weighted by Gasteiger charge is -2.37. The summed E-state index contributed by atoms with van der Waals surface area (Å²) in [7, 11) is 1.63. The number of hydrogen-bond acceptors (Lipinski definition) is 6. The second-order valence-electron chi connectivity index (χ2n) is 9.26. The number of aromatic amines is 1. The van der Waals surface area contributed by atoms with E-state index in [0.29, 0.717) is 11.3 Å². The predicted octanol–water partition coefficient (Wildman–Crippen LogP) is 4.18. The van der Waals surface area contributed by atoms with Crippen LogP contribution < -0.4 is 15.2 Å². The lowest BCUT2D eigenvalue weighted by atomic mass is 9.96. The van der Waals surface area contributed by atoms with E-state index in [9.17, 15) is 4.79 Å². The summed E-state index contributed by atoms with van der Waals surface area (Å²) in [6.07, 6.45) is 6.53. The summed E-state index contributed by atoms with van der Waals surface area (Å²) in [5.74, 6) is 1.45. The molecule has 1 fully saturated rings. The van der Waals surface area contributed by atoms with E-state index < -0.39 is 0 Å². The number of fused-ring (bicyclic) bond motifs is 2. The zero-order valence-electron chi connectivity index (χ0n) is 19.3. The van der Waals surface area contributed by atoms with Crippen molar-refractivity contribution in [2.75, 3.05) is 18.6 Å². The van der Waals surface area contributed by atoms with Crippen LogP contribution >= 0.6 is 0 Å². The summed E-state index contributed by atoms with van der Waals surface area (Å²) in [6.45, 7) is 0.833. The van der Waals surface area contributed by atoms with Gasteiger partial charge in [-0.25, -0.2) is 4.68 Å². The van der Waals surface area contributed by atoms with Crippen LogP contribution in [0.1, 0.15) is 61.1 Å². The Kier molecular flexibility index (Phi) is 5.28. The summed E-state index contributed by atoms with van der Waals surface area (Å²) in [6, 6.07) is 16.1. The van der Waals surface area contributed by atoms with Gasteiger partial charge in [-0.05, 0) is 71.3 Å². The van der Waals surface area contributed by atoms with Crippen LogP contribution in [0.15, 0.2) is 53.3 Å². The number of ether oxygens (including phenoxy) is 1. The van der Waals surface area contributed by atoms with Crippen molar-refractivity contribution in [3.63, 3.8) is 0 Å². The third kappa shape index (κ3) is 3.54. The van der Waals surface area contributed by atoms with Crippen LogP contribution in [0.5, 0.6) is 5.75 Å². The van der Waals surface area contributed by atoms with Crippen molar-refractivity contribution in [2.45, 2.75) is 50.6 Å². The van der Waals surface area contributed by atoms with Crippen molar-refractivity contribution in [3.05, 3.63) is 75.8 Å². The molecule has 6 rings (SSSR count). The molecule has 174 valence electrons. The molecule has 0 spiro atoms. The minimum atomic E-state index is -0.382. The van der Waals surface area contributed by atoms with Crippen molar-refractivity contribution in [1.29, 1.82) is 0 Å². The molecule has 2 aliphatic rings. The largest absolute Gasteiger partial charge is 0.497 e. The molecule has 1 unspecified atom stereocenters. The van der Waals surface area contributed by atoms with E-state index in [1.54, 1.807) is 7.11 Å². The molecule has 8 heteroatoms. The summed E-state index contributed by atoms with van der Waals surface area (Å²) < 4.78 is 7.32. The summed E-state index contributed by atoms with van der Waals surface area (Å²) in [5, 5.41) is 14.0. The Morgan fingerprint density at radius 1 is 1.09 bits per heavy atom. The third-order valence-electron chi connectivity index (χ3n) is 7.27. The minimum absolute atomic E-state index is 0.130. The van der Waals surface area contributed by atoms with Crippen LogP contribution in [0.2, 0.25) is 0 Å². The Hall–Kier alpha value is -3.68. The van der Waals surface area contributed by atoms with Crippen molar-refractivity contribution in [3.8, 4) is 5.75 Å². The maximum absolute atomic E-state index is 13.6. The summed E-state index contributed by atoms with van der Waals surface area (Å²) >= 11 is 0. The van der Waals surface area contributed by atoms with E-state index in [-0.39, 0.29) is 17.6 Å². The second-order valence-corrected chi connectivity index (χ2v) is 9.26. The fourth-order valence-electron chi connectivity index (χ4n) is 5.59. The van der Waals surface area contributed by atoms with Crippen LogP contribution in [0.25, 0.3) is 10.9 Å². The molecule has 1 aliphatic heterocycles. The van der Waals surface area contributed by atoms with Gasteiger partial charge >= 0.3 is 0 Å². The Bertz CT molecular complexity index is 1390. The molecule has 1 saturated carbocycles. The molecular weight excluding hydrogens is 428 g/mol. The fraction of sp³-hybridized carbons (Fsp3) is 0.385. The Morgan fingerprint density at radius 2 is 1.94 bits per heavy atom. The number of rotatable bonds is 5. The van der Waals surface area contributed by atoms with Crippen LogP contribution in [-0.4, -0.2) is 38.8 Å². The van der Waals surface area contributed by atoms with Crippen LogP contribution in [0.4, 0.5) is 5.69 Å². The molecule has 2 aromatic heterocycles. The molecular formula is C26H28N6O2. The number of H-pyrrole nitrogens is 1. The molecule has 0 saturated heterocycles. The van der Waals surface area contributed by atoms with Crippen molar-refractivity contribution in [2.24, 2.45) is 0 Å². The van der Waals surface area contributed by atoms with Gasteiger partial charge in [-0.1, -0.05) is 31.0 Å². The number of hydrogen-bond donors (Lipinski definition) is 1. The quantitative estimate of drug-likeness (QED) is 0.485. The van der Waals surface area contributed by atoms with E-state index in [2.05, 4.69) is 49.7 Å². The van der Waals surface area contributed by atoms with Gasteiger partial charge in [-0.3, -0.25) is 4.79 Å². The molecule has 8 nitrogen and oxygen atoms in total. The molecule has 0 radical (unpaired) electrons. The number of tetrazole rings is 1. The predicted molar refractivity (Wildman–Crippen MR) is 130 cm³/mol. The van der Waals surface area contributed by atoms with Gasteiger partial charge < -0.3 is 14.6 Å². The Labute approximate surface area is 197 Å². The monoisotopic (exact) mass is 456 g/mol. The van der Waals surface area contributed by atoms with E-state index in [1.165, 1.54) is 18.4 Å². The highest BCUT2D eigenvalue weighted by molar-refractivity contribution is 5.81. The Balaban J connectivity index is 1.55. The number of aromatic nitrogens is 5. The normalized spacial score (nSPS) is 17.1. The first-order valence-electron chi connectivity index (χ1n) is 12.1. The highest BCUT2D eigenvalue weighted by Crippen LogP contribution is 2.39. The molecule has 1 aliphatic carbocycles.